The summed E-state index contributed by atoms with van der Waals surface area (Å²) in [5.74, 6) is 1.42. The summed E-state index contributed by atoms with van der Waals surface area (Å²) in [6, 6.07) is 0.637. The van der Waals surface area contributed by atoms with Gasteiger partial charge in [0, 0.05) is 19.1 Å². The van der Waals surface area contributed by atoms with Gasteiger partial charge in [0.1, 0.15) is 0 Å². The number of nitrogens with two attached hydrogens (primary N) is 1. The van der Waals surface area contributed by atoms with Crippen molar-refractivity contribution >= 4 is 0 Å². The first kappa shape index (κ1) is 14.9. The molecule has 2 nitrogen and oxygen atoms in total. The van der Waals surface area contributed by atoms with Gasteiger partial charge < -0.3 is 10.6 Å². The van der Waals surface area contributed by atoms with Crippen LogP contribution in [0.25, 0.3) is 0 Å². The third-order valence-electron chi connectivity index (χ3n) is 2.85. The summed E-state index contributed by atoms with van der Waals surface area (Å²) < 4.78 is 0. The summed E-state index contributed by atoms with van der Waals surface area (Å²) in [5, 5.41) is 0. The summed E-state index contributed by atoms with van der Waals surface area (Å²) in [7, 11) is 0. The molecule has 0 fully saturated rings. The van der Waals surface area contributed by atoms with E-state index in [-0.39, 0.29) is 0 Å². The summed E-state index contributed by atoms with van der Waals surface area (Å²) in [6.07, 6.45) is 2.51. The van der Waals surface area contributed by atoms with Crippen molar-refractivity contribution in [3.63, 3.8) is 0 Å². The first-order valence-electron chi connectivity index (χ1n) is 6.45. The minimum absolute atomic E-state index is 0.637. The molecule has 2 N–H and O–H groups in total. The maximum atomic E-state index is 5.81. The average molecular weight is 214 g/mol. The molecule has 0 aliphatic heterocycles. The second kappa shape index (κ2) is 8.12. The molecule has 0 spiro atoms. The zero-order valence-electron chi connectivity index (χ0n) is 11.3. The van der Waals surface area contributed by atoms with Crippen LogP contribution in [0.4, 0.5) is 0 Å². The van der Waals surface area contributed by atoms with Gasteiger partial charge in [-0.25, -0.2) is 0 Å². The molecule has 0 aliphatic rings. The molecule has 0 aromatic rings. The van der Waals surface area contributed by atoms with Gasteiger partial charge in [0.25, 0.3) is 0 Å². The van der Waals surface area contributed by atoms with E-state index in [9.17, 15) is 0 Å². The zero-order chi connectivity index (χ0) is 11.8. The Balaban J connectivity index is 4.12. The van der Waals surface area contributed by atoms with E-state index in [0.29, 0.717) is 12.0 Å². The molecule has 0 bridgehead atoms. The Morgan fingerprint density at radius 1 is 1.07 bits per heavy atom. The largest absolute Gasteiger partial charge is 0.330 e. The number of rotatable bonds is 8. The van der Waals surface area contributed by atoms with Crippen molar-refractivity contribution in [3.05, 3.63) is 0 Å². The topological polar surface area (TPSA) is 29.3 Å². The van der Waals surface area contributed by atoms with Crippen LogP contribution in [-0.2, 0) is 0 Å². The van der Waals surface area contributed by atoms with E-state index in [1.165, 1.54) is 25.9 Å². The lowest BCUT2D eigenvalue weighted by molar-refractivity contribution is 0.165. The first-order valence-corrected chi connectivity index (χ1v) is 6.45. The molecule has 0 amide bonds. The van der Waals surface area contributed by atoms with Crippen molar-refractivity contribution in [1.82, 2.24) is 4.90 Å². The normalized spacial score (nSPS) is 14.2. The molecule has 92 valence electrons. The molecule has 0 aromatic carbocycles. The van der Waals surface area contributed by atoms with E-state index in [4.69, 9.17) is 5.73 Å². The summed E-state index contributed by atoms with van der Waals surface area (Å²) >= 11 is 0. The highest BCUT2D eigenvalue weighted by molar-refractivity contribution is 4.70. The van der Waals surface area contributed by atoms with Crippen LogP contribution in [0.3, 0.4) is 0 Å². The quantitative estimate of drug-likeness (QED) is 0.673. The Morgan fingerprint density at radius 3 is 2.00 bits per heavy atom. The lowest BCUT2D eigenvalue weighted by Gasteiger charge is -2.31. The molecular weight excluding hydrogens is 184 g/mol. The highest BCUT2D eigenvalue weighted by Gasteiger charge is 2.15. The molecule has 1 unspecified atom stereocenters. The molecule has 0 saturated carbocycles. The van der Waals surface area contributed by atoms with Crippen LogP contribution in [0, 0.1) is 11.8 Å². The molecule has 15 heavy (non-hydrogen) atoms. The molecule has 0 aromatic heterocycles. The number of nitrogens with zero attached hydrogens (tertiary/aromatic N) is 1. The van der Waals surface area contributed by atoms with Gasteiger partial charge in [-0.15, -0.1) is 0 Å². The lowest BCUT2D eigenvalue weighted by Crippen LogP contribution is -2.39. The Labute approximate surface area is 96.2 Å². The van der Waals surface area contributed by atoms with E-state index in [1.54, 1.807) is 0 Å². The summed E-state index contributed by atoms with van der Waals surface area (Å²) in [6.45, 7) is 14.6. The average Bonchev–Trinajstić information content (AvgIpc) is 2.14. The SMILES string of the molecule is CCCC(CN)CN(CC(C)C)C(C)C. The molecule has 0 aliphatic carbocycles. The van der Waals surface area contributed by atoms with E-state index in [2.05, 4.69) is 39.5 Å². The third kappa shape index (κ3) is 6.91. The first-order chi connectivity index (χ1) is 7.01. The van der Waals surface area contributed by atoms with Gasteiger partial charge in [-0.1, -0.05) is 27.2 Å². The van der Waals surface area contributed by atoms with Crippen molar-refractivity contribution in [2.45, 2.75) is 53.5 Å². The third-order valence-corrected chi connectivity index (χ3v) is 2.85. The fourth-order valence-corrected chi connectivity index (χ4v) is 1.99. The second-order valence-electron chi connectivity index (χ2n) is 5.33. The van der Waals surface area contributed by atoms with Gasteiger partial charge >= 0.3 is 0 Å². The van der Waals surface area contributed by atoms with E-state index >= 15 is 0 Å². The zero-order valence-corrected chi connectivity index (χ0v) is 11.3. The highest BCUT2D eigenvalue weighted by Crippen LogP contribution is 2.11. The van der Waals surface area contributed by atoms with Gasteiger partial charge in [0.2, 0.25) is 0 Å². The van der Waals surface area contributed by atoms with Crippen LogP contribution < -0.4 is 5.73 Å². The molecule has 0 radical (unpaired) electrons. The van der Waals surface area contributed by atoms with Crippen LogP contribution in [0.15, 0.2) is 0 Å². The molecule has 2 heteroatoms. The fraction of sp³-hybridized carbons (Fsp3) is 1.00. The van der Waals surface area contributed by atoms with Gasteiger partial charge in [-0.3, -0.25) is 0 Å². The van der Waals surface area contributed by atoms with E-state index in [0.717, 1.165) is 12.5 Å². The van der Waals surface area contributed by atoms with Crippen LogP contribution >= 0.6 is 0 Å². The van der Waals surface area contributed by atoms with Crippen molar-refractivity contribution in [2.24, 2.45) is 17.6 Å². The maximum absolute atomic E-state index is 5.81. The van der Waals surface area contributed by atoms with Gasteiger partial charge in [0.05, 0.1) is 0 Å². The number of hydrogen-bond donors (Lipinski definition) is 1. The predicted molar refractivity (Wildman–Crippen MR) is 69.0 cm³/mol. The minimum Gasteiger partial charge on any atom is -0.330 e. The maximum Gasteiger partial charge on any atom is 0.00388 e. The van der Waals surface area contributed by atoms with Crippen LogP contribution in [0.1, 0.15) is 47.5 Å². The summed E-state index contributed by atoms with van der Waals surface area (Å²) in [4.78, 5) is 2.57. The van der Waals surface area contributed by atoms with Crippen LogP contribution in [0.5, 0.6) is 0 Å². The highest BCUT2D eigenvalue weighted by atomic mass is 15.1. The van der Waals surface area contributed by atoms with Gasteiger partial charge in [-0.05, 0) is 38.6 Å². The fourth-order valence-electron chi connectivity index (χ4n) is 1.99. The molecule has 0 saturated heterocycles. The van der Waals surface area contributed by atoms with Crippen molar-refractivity contribution < 1.29 is 0 Å². The van der Waals surface area contributed by atoms with Crippen molar-refractivity contribution in [2.75, 3.05) is 19.6 Å². The Bertz CT molecular complexity index is 143. The van der Waals surface area contributed by atoms with Gasteiger partial charge in [0.15, 0.2) is 0 Å². The second-order valence-corrected chi connectivity index (χ2v) is 5.33. The van der Waals surface area contributed by atoms with Crippen LogP contribution in [0.2, 0.25) is 0 Å². The molecule has 1 atom stereocenters. The van der Waals surface area contributed by atoms with Gasteiger partial charge in [-0.2, -0.15) is 0 Å². The number of hydrogen-bond acceptors (Lipinski definition) is 2. The standard InChI is InChI=1S/C13H30N2/c1-6-7-13(8-14)10-15(12(4)5)9-11(2)3/h11-13H,6-10,14H2,1-5H3. The molecular formula is C13H30N2. The van der Waals surface area contributed by atoms with E-state index in [1.807, 2.05) is 0 Å². The van der Waals surface area contributed by atoms with E-state index < -0.39 is 0 Å². The lowest BCUT2D eigenvalue weighted by atomic mass is 10.0. The monoisotopic (exact) mass is 214 g/mol. The predicted octanol–water partition coefficient (Wildman–Crippen LogP) is 2.73. The molecule has 0 rings (SSSR count). The van der Waals surface area contributed by atoms with Crippen molar-refractivity contribution in [3.8, 4) is 0 Å². The Hall–Kier alpha value is -0.0800. The Morgan fingerprint density at radius 2 is 1.67 bits per heavy atom. The Kier molecular flexibility index (Phi) is 8.07. The smallest absolute Gasteiger partial charge is 0.00388 e. The summed E-state index contributed by atoms with van der Waals surface area (Å²) in [5.41, 5.74) is 5.81. The minimum atomic E-state index is 0.637. The van der Waals surface area contributed by atoms with Crippen LogP contribution in [-0.4, -0.2) is 30.6 Å². The van der Waals surface area contributed by atoms with Crippen molar-refractivity contribution in [1.29, 1.82) is 0 Å². The molecule has 0 heterocycles.